The normalized spacial score (nSPS) is 18.8. The van der Waals surface area contributed by atoms with Crippen LogP contribution in [-0.2, 0) is 4.79 Å². The standard InChI is InChI=1S/C9H19NO2.ClH/c1-3-4-7(2)5-8(10)6-9(11)12;/h7-8H,3-6,10H2,1-2H3,(H,11,12);1H/t7-,8+;/m1./s1/i1D3;. The molecule has 3 nitrogen and oxygen atoms in total. The lowest BCUT2D eigenvalue weighted by molar-refractivity contribution is -0.137. The Balaban J connectivity index is 0. The summed E-state index contributed by atoms with van der Waals surface area (Å²) in [5, 5.41) is 8.49. The van der Waals surface area contributed by atoms with Gasteiger partial charge in [-0.05, 0) is 12.3 Å². The van der Waals surface area contributed by atoms with Crippen molar-refractivity contribution in [2.45, 2.75) is 45.5 Å². The lowest BCUT2D eigenvalue weighted by Crippen LogP contribution is -2.25. The molecule has 0 spiro atoms. The maximum Gasteiger partial charge on any atom is 0.304 e. The Morgan fingerprint density at radius 2 is 2.31 bits per heavy atom. The second-order valence-electron chi connectivity index (χ2n) is 3.24. The van der Waals surface area contributed by atoms with Crippen LogP contribution >= 0.6 is 12.4 Å². The first-order valence-electron chi connectivity index (χ1n) is 5.68. The number of aliphatic carboxylic acids is 1. The monoisotopic (exact) mass is 212 g/mol. The smallest absolute Gasteiger partial charge is 0.304 e. The van der Waals surface area contributed by atoms with Gasteiger partial charge in [0.15, 0.2) is 0 Å². The number of carboxylic acids is 1. The minimum atomic E-state index is -1.90. The van der Waals surface area contributed by atoms with Crippen LogP contribution in [-0.4, -0.2) is 17.1 Å². The first kappa shape index (κ1) is 9.28. The van der Waals surface area contributed by atoms with Crippen molar-refractivity contribution in [1.29, 1.82) is 0 Å². The van der Waals surface area contributed by atoms with Crippen molar-refractivity contribution in [3.63, 3.8) is 0 Å². The van der Waals surface area contributed by atoms with E-state index in [-0.39, 0.29) is 37.2 Å². The third-order valence-corrected chi connectivity index (χ3v) is 1.78. The predicted molar refractivity (Wildman–Crippen MR) is 56.2 cm³/mol. The Bertz CT molecular complexity index is 211. The summed E-state index contributed by atoms with van der Waals surface area (Å²) in [5.74, 6) is -0.759. The molecule has 0 aliphatic carbocycles. The molecule has 80 valence electrons. The quantitative estimate of drug-likeness (QED) is 0.708. The number of carbonyl (C=O) groups is 1. The van der Waals surface area contributed by atoms with Crippen LogP contribution in [0.1, 0.15) is 43.6 Å². The van der Waals surface area contributed by atoms with Crippen LogP contribution in [0.25, 0.3) is 0 Å². The van der Waals surface area contributed by atoms with E-state index in [1.807, 2.05) is 6.92 Å². The van der Waals surface area contributed by atoms with Crippen LogP contribution in [0.4, 0.5) is 0 Å². The van der Waals surface area contributed by atoms with Crippen LogP contribution in [0.2, 0.25) is 0 Å². The molecule has 0 aromatic rings. The highest BCUT2D eigenvalue weighted by atomic mass is 35.5. The SMILES string of the molecule is Cl.[2H]C([2H])([2H])CC[C@@H](C)C[C@H](N)CC(=O)O. The summed E-state index contributed by atoms with van der Waals surface area (Å²) in [5.41, 5.74) is 5.59. The lowest BCUT2D eigenvalue weighted by Gasteiger charge is -2.14. The van der Waals surface area contributed by atoms with Crippen molar-refractivity contribution in [1.82, 2.24) is 0 Å². The zero-order chi connectivity index (χ0) is 12.1. The molecule has 13 heavy (non-hydrogen) atoms. The first-order valence-corrected chi connectivity index (χ1v) is 4.18. The Morgan fingerprint density at radius 3 is 2.77 bits per heavy atom. The van der Waals surface area contributed by atoms with Crippen molar-refractivity contribution in [3.8, 4) is 0 Å². The van der Waals surface area contributed by atoms with E-state index in [4.69, 9.17) is 15.0 Å². The van der Waals surface area contributed by atoms with Gasteiger partial charge in [-0.25, -0.2) is 0 Å². The molecule has 0 aromatic heterocycles. The van der Waals surface area contributed by atoms with Gasteiger partial charge in [0.1, 0.15) is 0 Å². The summed E-state index contributed by atoms with van der Waals surface area (Å²) in [6, 6.07) is -0.380. The fourth-order valence-electron chi connectivity index (χ4n) is 1.19. The van der Waals surface area contributed by atoms with Gasteiger partial charge in [0.2, 0.25) is 0 Å². The van der Waals surface area contributed by atoms with E-state index in [1.165, 1.54) is 0 Å². The summed E-state index contributed by atoms with van der Waals surface area (Å²) < 4.78 is 21.1. The van der Waals surface area contributed by atoms with E-state index >= 15 is 0 Å². The maximum atomic E-state index is 10.3. The molecule has 0 fully saturated rings. The molecular weight excluding hydrogens is 190 g/mol. The van der Waals surface area contributed by atoms with E-state index < -0.39 is 12.8 Å². The average Bonchev–Trinajstić information content (AvgIpc) is 1.97. The Labute approximate surface area is 90.3 Å². The number of hydrogen-bond acceptors (Lipinski definition) is 2. The number of rotatable bonds is 6. The van der Waals surface area contributed by atoms with E-state index in [0.29, 0.717) is 12.8 Å². The molecule has 0 aliphatic rings. The topological polar surface area (TPSA) is 63.3 Å². The molecule has 0 amide bonds. The molecule has 0 rings (SSSR count). The van der Waals surface area contributed by atoms with Crippen LogP contribution in [0.5, 0.6) is 0 Å². The zero-order valence-electron chi connectivity index (χ0n) is 10.8. The molecule has 0 aliphatic heterocycles. The fourth-order valence-corrected chi connectivity index (χ4v) is 1.19. The van der Waals surface area contributed by atoms with Crippen molar-refractivity contribution in [3.05, 3.63) is 0 Å². The zero-order valence-corrected chi connectivity index (χ0v) is 8.64. The minimum absolute atomic E-state index is 0. The van der Waals surface area contributed by atoms with Gasteiger partial charge >= 0.3 is 5.97 Å². The largest absolute Gasteiger partial charge is 0.481 e. The highest BCUT2D eigenvalue weighted by Gasteiger charge is 2.11. The average molecular weight is 213 g/mol. The minimum Gasteiger partial charge on any atom is -0.481 e. The van der Waals surface area contributed by atoms with Crippen LogP contribution in [0.15, 0.2) is 0 Å². The van der Waals surface area contributed by atoms with Gasteiger partial charge in [-0.3, -0.25) is 4.79 Å². The highest BCUT2D eigenvalue weighted by Crippen LogP contribution is 2.12. The molecule has 0 saturated heterocycles. The van der Waals surface area contributed by atoms with E-state index in [1.54, 1.807) is 0 Å². The van der Waals surface area contributed by atoms with Crippen molar-refractivity contribution < 1.29 is 14.0 Å². The summed E-state index contributed by atoms with van der Waals surface area (Å²) in [6.45, 7) is -0.00139. The number of hydrogen-bond donors (Lipinski definition) is 2. The fraction of sp³-hybridized carbons (Fsp3) is 0.889. The molecule has 2 atom stereocenters. The van der Waals surface area contributed by atoms with Gasteiger partial charge in [-0.2, -0.15) is 0 Å². The van der Waals surface area contributed by atoms with Gasteiger partial charge in [0.05, 0.1) is 6.42 Å². The number of nitrogens with two attached hydrogens (primary N) is 1. The third-order valence-electron chi connectivity index (χ3n) is 1.78. The van der Waals surface area contributed by atoms with E-state index in [9.17, 15) is 4.79 Å². The second-order valence-corrected chi connectivity index (χ2v) is 3.24. The van der Waals surface area contributed by atoms with Crippen molar-refractivity contribution >= 4 is 18.4 Å². The second kappa shape index (κ2) is 8.32. The van der Waals surface area contributed by atoms with Gasteiger partial charge in [0.25, 0.3) is 0 Å². The van der Waals surface area contributed by atoms with Gasteiger partial charge < -0.3 is 10.8 Å². The molecule has 3 N–H and O–H groups in total. The Morgan fingerprint density at radius 1 is 1.69 bits per heavy atom. The summed E-state index contributed by atoms with van der Waals surface area (Å²) in [4.78, 5) is 10.3. The number of halogens is 1. The predicted octanol–water partition coefficient (Wildman–Crippen LogP) is 2.04. The molecule has 0 saturated carbocycles. The summed E-state index contributed by atoms with van der Waals surface area (Å²) >= 11 is 0. The van der Waals surface area contributed by atoms with Crippen molar-refractivity contribution in [2.75, 3.05) is 0 Å². The Kier molecular flexibility index (Phi) is 5.94. The molecular formula is C9H20ClNO2. The first-order chi connectivity index (χ1) is 6.70. The molecule has 0 aromatic carbocycles. The van der Waals surface area contributed by atoms with Gasteiger partial charge in [0, 0.05) is 10.2 Å². The molecule has 0 bridgehead atoms. The van der Waals surface area contributed by atoms with Crippen molar-refractivity contribution in [2.24, 2.45) is 11.7 Å². The third kappa shape index (κ3) is 9.64. The summed E-state index contributed by atoms with van der Waals surface area (Å²) in [6.07, 6.45) is 1.22. The van der Waals surface area contributed by atoms with E-state index in [2.05, 4.69) is 0 Å². The summed E-state index contributed by atoms with van der Waals surface area (Å²) in [7, 11) is 0. The Hall–Kier alpha value is -0.280. The number of carboxylic acid groups (broad SMARTS) is 1. The molecule has 4 heteroatoms. The molecule has 0 heterocycles. The van der Waals surface area contributed by atoms with Crippen LogP contribution in [0, 0.1) is 5.92 Å². The van der Waals surface area contributed by atoms with Gasteiger partial charge in [-0.1, -0.05) is 26.6 Å². The van der Waals surface area contributed by atoms with E-state index in [0.717, 1.165) is 0 Å². The maximum absolute atomic E-state index is 10.3. The highest BCUT2D eigenvalue weighted by molar-refractivity contribution is 5.85. The molecule has 0 radical (unpaired) electrons. The molecule has 0 unspecified atom stereocenters. The van der Waals surface area contributed by atoms with Crippen LogP contribution in [0.3, 0.4) is 0 Å². The van der Waals surface area contributed by atoms with Crippen LogP contribution < -0.4 is 5.73 Å². The van der Waals surface area contributed by atoms with Gasteiger partial charge in [-0.15, -0.1) is 12.4 Å². The lowest BCUT2D eigenvalue weighted by atomic mass is 9.96.